The van der Waals surface area contributed by atoms with Gasteiger partial charge in [-0.15, -0.1) is 11.3 Å². The number of esters is 2. The van der Waals surface area contributed by atoms with Crippen LogP contribution >= 0.6 is 22.9 Å². The van der Waals surface area contributed by atoms with Crippen molar-refractivity contribution in [2.75, 3.05) is 47.1 Å². The Morgan fingerprint density at radius 2 is 1.65 bits per heavy atom. The molecule has 12 heteroatoms. The van der Waals surface area contributed by atoms with Crippen molar-refractivity contribution in [1.29, 1.82) is 0 Å². The van der Waals surface area contributed by atoms with Crippen LogP contribution in [0.5, 0.6) is 11.5 Å². The molecule has 0 radical (unpaired) electrons. The first-order valence-corrected chi connectivity index (χ1v) is 17.8. The number of nitrogens with zero attached hydrogens (tertiary/aromatic N) is 3. The highest BCUT2D eigenvalue weighted by atomic mass is 35.5. The molecule has 4 heterocycles. The van der Waals surface area contributed by atoms with Crippen LogP contribution in [-0.4, -0.2) is 79.7 Å². The van der Waals surface area contributed by atoms with E-state index in [-0.39, 0.29) is 24.4 Å². The molecule has 0 spiro atoms. The standard InChI is InChI=1S/C37H40ClN3O7S/c1-5-47-36(43)23-13-16-40(17-14-23)20-27-33(37(44)48-6-2)31(24-9-12-28(45-3)29(19-24)46-4)32-26-15-18-41(21-30(26)49-34(32)39-27)35(42)22-7-10-25(38)11-8-22/h7-12,19,23H,5-6,13-18,20-21H2,1-4H3. The Morgan fingerprint density at radius 3 is 2.33 bits per heavy atom. The van der Waals surface area contributed by atoms with Gasteiger partial charge >= 0.3 is 11.9 Å². The molecule has 2 aromatic carbocycles. The zero-order valence-corrected chi connectivity index (χ0v) is 29.7. The fourth-order valence-electron chi connectivity index (χ4n) is 6.74. The average molecular weight is 706 g/mol. The maximum absolute atomic E-state index is 14.0. The van der Waals surface area contributed by atoms with E-state index in [1.165, 1.54) is 0 Å². The SMILES string of the molecule is CCOC(=O)c1c(CN2CCC(C(=O)OCC)CC2)nc2sc3c(c2c1-c1ccc(OC)c(OC)c1)CCN(C(=O)c1ccc(Cl)cc1)C3. The maximum Gasteiger partial charge on any atom is 0.340 e. The molecule has 6 rings (SSSR count). The first-order chi connectivity index (χ1) is 23.8. The predicted molar refractivity (Wildman–Crippen MR) is 189 cm³/mol. The smallest absolute Gasteiger partial charge is 0.340 e. The van der Waals surface area contributed by atoms with E-state index in [0.717, 1.165) is 31.8 Å². The highest BCUT2D eigenvalue weighted by Gasteiger charge is 2.33. The van der Waals surface area contributed by atoms with Gasteiger partial charge in [-0.25, -0.2) is 9.78 Å². The summed E-state index contributed by atoms with van der Waals surface area (Å²) in [4.78, 5) is 51.0. The molecular weight excluding hydrogens is 666 g/mol. The third-order valence-corrected chi connectivity index (χ3v) is 10.5. The number of ether oxygens (including phenoxy) is 4. The Morgan fingerprint density at radius 1 is 0.939 bits per heavy atom. The van der Waals surface area contributed by atoms with E-state index in [4.69, 9.17) is 35.5 Å². The van der Waals surface area contributed by atoms with Crippen LogP contribution in [0.3, 0.4) is 0 Å². The van der Waals surface area contributed by atoms with Crippen molar-refractivity contribution in [3.8, 4) is 22.6 Å². The zero-order chi connectivity index (χ0) is 34.7. The molecular formula is C37H40ClN3O7S. The minimum absolute atomic E-state index is 0.0630. The molecule has 1 amide bonds. The number of hydrogen-bond donors (Lipinski definition) is 0. The zero-order valence-electron chi connectivity index (χ0n) is 28.2. The summed E-state index contributed by atoms with van der Waals surface area (Å²) < 4.78 is 22.2. The largest absolute Gasteiger partial charge is 0.493 e. The lowest BCUT2D eigenvalue weighted by molar-refractivity contribution is -0.149. The van der Waals surface area contributed by atoms with Gasteiger partial charge in [-0.1, -0.05) is 17.7 Å². The van der Waals surface area contributed by atoms with Crippen molar-refractivity contribution in [1.82, 2.24) is 14.8 Å². The molecule has 49 heavy (non-hydrogen) atoms. The van der Waals surface area contributed by atoms with Gasteiger partial charge in [0.1, 0.15) is 4.83 Å². The molecule has 10 nitrogen and oxygen atoms in total. The number of pyridine rings is 1. The lowest BCUT2D eigenvalue weighted by Crippen LogP contribution is -2.37. The molecule has 0 bridgehead atoms. The van der Waals surface area contributed by atoms with E-state index in [2.05, 4.69) is 4.90 Å². The van der Waals surface area contributed by atoms with Crippen molar-refractivity contribution in [3.63, 3.8) is 0 Å². The summed E-state index contributed by atoms with van der Waals surface area (Å²) in [7, 11) is 3.17. The number of fused-ring (bicyclic) bond motifs is 3. The van der Waals surface area contributed by atoms with Gasteiger partial charge in [-0.2, -0.15) is 0 Å². The molecule has 0 saturated carbocycles. The highest BCUT2D eigenvalue weighted by molar-refractivity contribution is 7.19. The summed E-state index contributed by atoms with van der Waals surface area (Å²) >= 11 is 7.63. The Kier molecular flexibility index (Phi) is 10.7. The molecule has 258 valence electrons. The summed E-state index contributed by atoms with van der Waals surface area (Å²) in [5.41, 5.74) is 4.18. The summed E-state index contributed by atoms with van der Waals surface area (Å²) in [6.45, 7) is 6.85. The number of carbonyl (C=O) groups excluding carboxylic acids is 3. The van der Waals surface area contributed by atoms with E-state index in [1.54, 1.807) is 56.7 Å². The van der Waals surface area contributed by atoms with Gasteiger partial charge in [0.15, 0.2) is 11.5 Å². The second kappa shape index (κ2) is 15.1. The van der Waals surface area contributed by atoms with Crippen LogP contribution in [-0.2, 0) is 33.8 Å². The van der Waals surface area contributed by atoms with Crippen LogP contribution in [0, 0.1) is 5.92 Å². The van der Waals surface area contributed by atoms with Crippen molar-refractivity contribution in [2.45, 2.75) is 46.2 Å². The monoisotopic (exact) mass is 705 g/mol. The fraction of sp³-hybridized carbons (Fsp3) is 0.405. The number of methoxy groups -OCH3 is 2. The molecule has 2 aromatic heterocycles. The number of hydrogen-bond acceptors (Lipinski definition) is 10. The minimum atomic E-state index is -0.451. The number of carbonyl (C=O) groups is 3. The third-order valence-electron chi connectivity index (χ3n) is 9.17. The fourth-order valence-corrected chi connectivity index (χ4v) is 8.13. The average Bonchev–Trinajstić information content (AvgIpc) is 3.48. The maximum atomic E-state index is 14.0. The van der Waals surface area contributed by atoms with Crippen LogP contribution in [0.1, 0.15) is 63.5 Å². The number of rotatable bonds is 10. The second-order valence-electron chi connectivity index (χ2n) is 12.1. The van der Waals surface area contributed by atoms with Crippen molar-refractivity contribution >= 4 is 51.0 Å². The number of benzene rings is 2. The molecule has 2 aliphatic heterocycles. The molecule has 1 saturated heterocycles. The number of aromatic nitrogens is 1. The van der Waals surface area contributed by atoms with E-state index in [0.29, 0.717) is 91.9 Å². The van der Waals surface area contributed by atoms with Crippen molar-refractivity contribution in [3.05, 3.63) is 74.7 Å². The normalized spacial score (nSPS) is 15.2. The van der Waals surface area contributed by atoms with Crippen LogP contribution < -0.4 is 9.47 Å². The van der Waals surface area contributed by atoms with Gasteiger partial charge in [0.05, 0.1) is 51.2 Å². The number of amides is 1. The Labute approximate surface area is 294 Å². The molecule has 0 atom stereocenters. The van der Waals surface area contributed by atoms with E-state index >= 15 is 0 Å². The lowest BCUT2D eigenvalue weighted by Gasteiger charge is -2.31. The Balaban J connectivity index is 1.46. The van der Waals surface area contributed by atoms with Gasteiger partial charge in [-0.3, -0.25) is 14.5 Å². The highest BCUT2D eigenvalue weighted by Crippen LogP contribution is 2.45. The van der Waals surface area contributed by atoms with E-state index < -0.39 is 5.97 Å². The summed E-state index contributed by atoms with van der Waals surface area (Å²) in [6.07, 6.45) is 1.94. The van der Waals surface area contributed by atoms with Gasteiger partial charge in [0.25, 0.3) is 5.91 Å². The van der Waals surface area contributed by atoms with Crippen molar-refractivity contribution in [2.24, 2.45) is 5.92 Å². The van der Waals surface area contributed by atoms with Gasteiger partial charge in [0, 0.05) is 39.5 Å². The molecule has 4 aromatic rings. The topological polar surface area (TPSA) is 108 Å². The van der Waals surface area contributed by atoms with Crippen LogP contribution in [0.25, 0.3) is 21.3 Å². The Hall–Kier alpha value is -4.19. The van der Waals surface area contributed by atoms with Crippen LogP contribution in [0.2, 0.25) is 5.02 Å². The first-order valence-electron chi connectivity index (χ1n) is 16.6. The van der Waals surface area contributed by atoms with Gasteiger partial charge in [0.2, 0.25) is 0 Å². The van der Waals surface area contributed by atoms with E-state index in [1.807, 2.05) is 30.0 Å². The summed E-state index contributed by atoms with van der Waals surface area (Å²) in [5.74, 6) is 0.299. The number of piperidine rings is 1. The Bertz CT molecular complexity index is 1870. The number of thiophene rings is 1. The third kappa shape index (κ3) is 7.11. The number of halogens is 1. The minimum Gasteiger partial charge on any atom is -0.493 e. The molecule has 0 aliphatic carbocycles. The van der Waals surface area contributed by atoms with E-state index in [9.17, 15) is 14.4 Å². The molecule has 0 unspecified atom stereocenters. The summed E-state index contributed by atoms with van der Waals surface area (Å²) in [6, 6.07) is 12.6. The van der Waals surface area contributed by atoms with Crippen LogP contribution in [0.4, 0.5) is 0 Å². The second-order valence-corrected chi connectivity index (χ2v) is 13.6. The number of likely N-dealkylation sites (tertiary alicyclic amines) is 1. The summed E-state index contributed by atoms with van der Waals surface area (Å²) in [5, 5.41) is 1.46. The molecule has 0 N–H and O–H groups in total. The molecule has 1 fully saturated rings. The quantitative estimate of drug-likeness (QED) is 0.165. The first kappa shape index (κ1) is 34.7. The van der Waals surface area contributed by atoms with Gasteiger partial charge in [-0.05, 0) is 93.7 Å². The van der Waals surface area contributed by atoms with Crippen molar-refractivity contribution < 1.29 is 33.3 Å². The predicted octanol–water partition coefficient (Wildman–Crippen LogP) is 6.78. The molecule has 2 aliphatic rings. The van der Waals surface area contributed by atoms with Gasteiger partial charge < -0.3 is 23.8 Å². The van der Waals surface area contributed by atoms with Crippen LogP contribution in [0.15, 0.2) is 42.5 Å². The lowest BCUT2D eigenvalue weighted by atomic mass is 9.91.